The lowest BCUT2D eigenvalue weighted by molar-refractivity contribution is 0.351. The second-order valence-corrected chi connectivity index (χ2v) is 13.4. The summed E-state index contributed by atoms with van der Waals surface area (Å²) in [5, 5.41) is 91.5. The number of hydrogen-bond donors (Lipinski definition) is 9. The molecule has 0 aliphatic carbocycles. The molecule has 1 aliphatic heterocycles. The van der Waals surface area contributed by atoms with Gasteiger partial charge >= 0.3 is 0 Å². The first-order valence-corrected chi connectivity index (χ1v) is 17.5. The molecule has 0 spiro atoms. The minimum Gasteiger partial charge on any atom is -0.507 e. The van der Waals surface area contributed by atoms with Crippen LogP contribution in [-0.4, -0.2) is 52.5 Å². The van der Waals surface area contributed by atoms with Crippen LogP contribution in [0.3, 0.4) is 0 Å². The van der Waals surface area contributed by atoms with E-state index in [1.807, 2.05) is 66.7 Å². The Labute approximate surface area is 317 Å². The second kappa shape index (κ2) is 12.9. The summed E-state index contributed by atoms with van der Waals surface area (Å²) < 4.78 is 0. The number of phenolic OH excluding ortho intramolecular Hbond substituents is 8. The molecule has 56 heavy (non-hydrogen) atoms. The number of fused-ring (bicyclic) bond motifs is 4. The van der Waals surface area contributed by atoms with Crippen molar-refractivity contribution in [1.29, 1.82) is 0 Å². The van der Waals surface area contributed by atoms with Gasteiger partial charge in [0.2, 0.25) is 11.5 Å². The lowest BCUT2D eigenvalue weighted by atomic mass is 9.88. The van der Waals surface area contributed by atoms with Crippen LogP contribution in [0.1, 0.15) is 22.9 Å². The van der Waals surface area contributed by atoms with E-state index in [-0.39, 0.29) is 16.5 Å². The van der Waals surface area contributed by atoms with Crippen LogP contribution >= 0.6 is 0 Å². The molecule has 0 amide bonds. The number of amidine groups is 2. The zero-order chi connectivity index (χ0) is 38.8. The van der Waals surface area contributed by atoms with Gasteiger partial charge in [-0.05, 0) is 45.2 Å². The van der Waals surface area contributed by atoms with Gasteiger partial charge in [0.1, 0.15) is 23.2 Å². The van der Waals surface area contributed by atoms with Crippen LogP contribution in [-0.2, 0) is 0 Å². The third kappa shape index (κ3) is 5.29. The molecule has 0 saturated carbocycles. The number of rotatable bonds is 5. The Morgan fingerprint density at radius 3 is 1.80 bits per heavy atom. The summed E-state index contributed by atoms with van der Waals surface area (Å²) in [5.41, 5.74) is 4.18. The summed E-state index contributed by atoms with van der Waals surface area (Å²) in [6, 6.07) is 39.3. The highest BCUT2D eigenvalue weighted by Gasteiger charge is 2.30. The molecule has 8 aromatic rings. The first-order chi connectivity index (χ1) is 27.1. The molecule has 8 aromatic carbocycles. The van der Waals surface area contributed by atoms with Gasteiger partial charge in [-0.2, -0.15) is 0 Å². The maximum atomic E-state index is 11.8. The van der Waals surface area contributed by atoms with E-state index < -0.39 is 68.3 Å². The third-order valence-corrected chi connectivity index (χ3v) is 10.1. The fraction of sp³-hybridized carbons (Fsp3) is 0.0222. The van der Waals surface area contributed by atoms with E-state index in [1.165, 1.54) is 0 Å². The SMILES string of the molecule is Oc1cc(O)c2c(c1O)c(O)c(-c1cccc(C3N=C(c4ccccc4)NC(c4cccc(-c5cccc6ccccc56)c4)=N3)c1)c1c(O)c(O)c(O)c(O)c12. The third-order valence-electron chi connectivity index (χ3n) is 10.1. The van der Waals surface area contributed by atoms with E-state index in [9.17, 15) is 40.9 Å². The molecule has 1 aliphatic rings. The van der Waals surface area contributed by atoms with Gasteiger partial charge in [0.25, 0.3) is 0 Å². The molecule has 0 aromatic heterocycles. The summed E-state index contributed by atoms with van der Waals surface area (Å²) in [7, 11) is 0. The van der Waals surface area contributed by atoms with Crippen molar-refractivity contribution in [3.8, 4) is 68.2 Å². The van der Waals surface area contributed by atoms with Gasteiger partial charge in [0.15, 0.2) is 29.2 Å². The number of aromatic hydroxyl groups is 8. The van der Waals surface area contributed by atoms with Crippen LogP contribution in [0.4, 0.5) is 0 Å². The van der Waals surface area contributed by atoms with Gasteiger partial charge in [-0.1, -0.05) is 109 Å². The van der Waals surface area contributed by atoms with Crippen molar-refractivity contribution in [2.45, 2.75) is 6.17 Å². The Morgan fingerprint density at radius 1 is 0.411 bits per heavy atom. The van der Waals surface area contributed by atoms with Crippen LogP contribution in [0, 0.1) is 0 Å². The predicted molar refractivity (Wildman–Crippen MR) is 215 cm³/mol. The minimum absolute atomic E-state index is 0.203. The van der Waals surface area contributed by atoms with Crippen molar-refractivity contribution in [2.75, 3.05) is 0 Å². The molecule has 1 unspecified atom stereocenters. The van der Waals surface area contributed by atoms with Crippen LogP contribution in [0.25, 0.3) is 54.6 Å². The van der Waals surface area contributed by atoms with Crippen molar-refractivity contribution in [3.05, 3.63) is 144 Å². The van der Waals surface area contributed by atoms with E-state index in [0.717, 1.165) is 39.1 Å². The average molecular weight is 742 g/mol. The Hall–Kier alpha value is -7.92. The molecule has 11 nitrogen and oxygen atoms in total. The molecule has 0 radical (unpaired) electrons. The van der Waals surface area contributed by atoms with Gasteiger partial charge in [-0.15, -0.1) is 0 Å². The standard InChI is InChI=1S/C45H31N3O8/c49-30-21-31(50)37(51)36-33(30)35-34(39(53)41(55)42(56)40(35)54)32(38(36)52)25-14-7-16-27(20-25)45-47-43(23-10-2-1-3-11-23)46-44(48-45)26-15-6-13-24(19-26)29-18-8-12-22-9-4-5-17-28(22)29/h1-21,45,49-56H,(H,46,47,48). The first-order valence-electron chi connectivity index (χ1n) is 17.5. The summed E-state index contributed by atoms with van der Waals surface area (Å²) in [5.74, 6) is -5.99. The van der Waals surface area contributed by atoms with Crippen molar-refractivity contribution in [3.63, 3.8) is 0 Å². The number of benzene rings is 8. The first kappa shape index (κ1) is 33.9. The molecule has 1 heterocycles. The highest BCUT2D eigenvalue weighted by molar-refractivity contribution is 6.26. The number of nitrogens with one attached hydrogen (secondary N) is 1. The fourth-order valence-electron chi connectivity index (χ4n) is 7.49. The summed E-state index contributed by atoms with van der Waals surface area (Å²) >= 11 is 0. The second-order valence-electron chi connectivity index (χ2n) is 13.4. The summed E-state index contributed by atoms with van der Waals surface area (Å²) in [6.45, 7) is 0. The monoisotopic (exact) mass is 741 g/mol. The topological polar surface area (TPSA) is 199 Å². The van der Waals surface area contributed by atoms with Crippen LogP contribution < -0.4 is 5.32 Å². The normalized spacial score (nSPS) is 14.1. The smallest absolute Gasteiger partial charge is 0.204 e. The van der Waals surface area contributed by atoms with Gasteiger partial charge in [-0.3, -0.25) is 0 Å². The highest BCUT2D eigenvalue weighted by atomic mass is 16.3. The highest BCUT2D eigenvalue weighted by Crippen LogP contribution is 2.59. The number of phenols is 8. The zero-order valence-electron chi connectivity index (χ0n) is 29.2. The van der Waals surface area contributed by atoms with Crippen molar-refractivity contribution in [2.24, 2.45) is 9.98 Å². The number of hydrogen-bond acceptors (Lipinski definition) is 11. The van der Waals surface area contributed by atoms with E-state index in [2.05, 4.69) is 35.6 Å². The maximum absolute atomic E-state index is 11.8. The van der Waals surface area contributed by atoms with E-state index in [4.69, 9.17) is 9.98 Å². The largest absolute Gasteiger partial charge is 0.507 e. The van der Waals surface area contributed by atoms with Gasteiger partial charge in [0.05, 0.1) is 5.39 Å². The molecule has 0 fully saturated rings. The Balaban J connectivity index is 1.24. The lowest BCUT2D eigenvalue weighted by Gasteiger charge is -2.23. The number of aliphatic imine (C=N–C) groups is 2. The molecule has 0 bridgehead atoms. The fourth-order valence-corrected chi connectivity index (χ4v) is 7.49. The van der Waals surface area contributed by atoms with Crippen LogP contribution in [0.2, 0.25) is 0 Å². The van der Waals surface area contributed by atoms with E-state index in [1.54, 1.807) is 24.3 Å². The molecule has 11 heteroatoms. The van der Waals surface area contributed by atoms with Gasteiger partial charge in [-0.25, -0.2) is 9.98 Å². The molecule has 9 rings (SSSR count). The van der Waals surface area contributed by atoms with Crippen LogP contribution in [0.5, 0.6) is 46.0 Å². The zero-order valence-corrected chi connectivity index (χ0v) is 29.2. The minimum atomic E-state index is -1.10. The van der Waals surface area contributed by atoms with Gasteiger partial charge < -0.3 is 46.2 Å². The molecule has 0 saturated heterocycles. The Bertz CT molecular complexity index is 2990. The van der Waals surface area contributed by atoms with Gasteiger partial charge in [0, 0.05) is 38.9 Å². The Kier molecular flexibility index (Phi) is 7.80. The summed E-state index contributed by atoms with van der Waals surface area (Å²) in [4.78, 5) is 10.0. The quantitative estimate of drug-likeness (QED) is 0.0471. The molecule has 274 valence electrons. The van der Waals surface area contributed by atoms with Crippen molar-refractivity contribution >= 4 is 44.0 Å². The lowest BCUT2D eigenvalue weighted by Crippen LogP contribution is -2.36. The van der Waals surface area contributed by atoms with E-state index in [0.29, 0.717) is 17.2 Å². The van der Waals surface area contributed by atoms with Crippen molar-refractivity contribution < 1.29 is 40.9 Å². The van der Waals surface area contributed by atoms with Crippen LogP contribution in [0.15, 0.2) is 137 Å². The maximum Gasteiger partial charge on any atom is 0.204 e. The van der Waals surface area contributed by atoms with E-state index >= 15 is 0 Å². The molecular formula is C45H31N3O8. The van der Waals surface area contributed by atoms with Crippen molar-refractivity contribution in [1.82, 2.24) is 5.32 Å². The summed E-state index contributed by atoms with van der Waals surface area (Å²) in [6.07, 6.45) is -0.850. The molecule has 9 N–H and O–H groups in total. The average Bonchev–Trinajstić information content (AvgIpc) is 3.23. The molecular weight excluding hydrogens is 711 g/mol. The Morgan fingerprint density at radius 2 is 1.02 bits per heavy atom. The molecule has 1 atom stereocenters. The predicted octanol–water partition coefficient (Wildman–Crippen LogP) is 8.62. The number of nitrogens with zero attached hydrogens (tertiary/aromatic N) is 2.